The van der Waals surface area contributed by atoms with Gasteiger partial charge in [-0.25, -0.2) is 0 Å². The fourth-order valence-electron chi connectivity index (χ4n) is 1.95. The van der Waals surface area contributed by atoms with Gasteiger partial charge in [-0.15, -0.1) is 4.24 Å². The number of rotatable bonds is 0. The molecule has 1 aliphatic carbocycles. The molecule has 1 heterocycles. The van der Waals surface area contributed by atoms with E-state index in [2.05, 4.69) is 18.9 Å². The first-order valence-electron chi connectivity index (χ1n) is 5.30. The zero-order valence-electron chi connectivity index (χ0n) is 8.89. The lowest BCUT2D eigenvalue weighted by Gasteiger charge is -1.94. The van der Waals surface area contributed by atoms with Crippen LogP contribution in [0.25, 0.3) is 16.7 Å². The molecule has 1 aromatic heterocycles. The molecule has 0 radical (unpaired) electrons. The summed E-state index contributed by atoms with van der Waals surface area (Å²) >= 11 is 0. The van der Waals surface area contributed by atoms with Gasteiger partial charge in [0.15, 0.2) is 0 Å². The van der Waals surface area contributed by atoms with Gasteiger partial charge in [0, 0.05) is 12.5 Å². The van der Waals surface area contributed by atoms with Gasteiger partial charge in [0.05, 0.1) is 5.57 Å². The van der Waals surface area contributed by atoms with Gasteiger partial charge in [-0.1, -0.05) is 30.4 Å². The zero-order chi connectivity index (χ0) is 11.0. The molecule has 2 aromatic rings. The van der Waals surface area contributed by atoms with Crippen molar-refractivity contribution in [3.8, 4) is 0 Å². The predicted molar refractivity (Wildman–Crippen MR) is 63.1 cm³/mol. The largest absolute Gasteiger partial charge is 0.397 e. The molecule has 0 fully saturated rings. The highest BCUT2D eigenvalue weighted by Gasteiger charge is 2.12. The van der Waals surface area contributed by atoms with Gasteiger partial charge in [-0.2, -0.15) is 0 Å². The van der Waals surface area contributed by atoms with Crippen LogP contribution < -0.4 is 9.79 Å². The van der Waals surface area contributed by atoms with Gasteiger partial charge in [-0.3, -0.25) is 0 Å². The minimum Gasteiger partial charge on any atom is -0.397 e. The van der Waals surface area contributed by atoms with Gasteiger partial charge in [-0.05, 0) is 12.1 Å². The van der Waals surface area contributed by atoms with E-state index in [4.69, 9.17) is 4.42 Å². The third-order valence-corrected chi connectivity index (χ3v) is 2.76. The molecule has 0 saturated carbocycles. The van der Waals surface area contributed by atoms with Crippen molar-refractivity contribution >= 4 is 16.7 Å². The minimum absolute atomic E-state index is 0.835. The molecule has 0 amide bonds. The molecule has 1 aromatic carbocycles. The number of hydrogen-bond acceptors (Lipinski definition) is 1. The highest BCUT2D eigenvalue weighted by Crippen LogP contribution is 2.11. The Morgan fingerprint density at radius 2 is 2.06 bits per heavy atom. The number of aromatic nitrogens is 1. The van der Waals surface area contributed by atoms with E-state index >= 15 is 0 Å². The van der Waals surface area contributed by atoms with Crippen molar-refractivity contribution in [1.82, 2.24) is 0 Å². The van der Waals surface area contributed by atoms with Crippen molar-refractivity contribution in [3.63, 3.8) is 0 Å². The first-order chi connectivity index (χ1) is 7.86. The van der Waals surface area contributed by atoms with Crippen LogP contribution in [0.2, 0.25) is 0 Å². The Kier molecular flexibility index (Phi) is 2.00. The highest BCUT2D eigenvalue weighted by molar-refractivity contribution is 5.69. The molecule has 78 valence electrons. The normalized spacial score (nSPS) is 18.2. The van der Waals surface area contributed by atoms with Gasteiger partial charge in [0.1, 0.15) is 6.72 Å². The Labute approximate surface area is 93.2 Å². The van der Waals surface area contributed by atoms with Crippen molar-refractivity contribution in [3.05, 3.63) is 60.8 Å². The lowest BCUT2D eigenvalue weighted by atomic mass is 10.1. The molecule has 2 nitrogen and oxygen atoms in total. The van der Waals surface area contributed by atoms with Gasteiger partial charge >= 0.3 is 5.55 Å². The SMILES string of the molecule is C=[n+]1c(=C2C=CC=CC2)oc2ccccc21. The Morgan fingerprint density at radius 1 is 1.19 bits per heavy atom. The first-order valence-corrected chi connectivity index (χ1v) is 5.30. The molecule has 2 heteroatoms. The maximum absolute atomic E-state index is 5.82. The number of oxazole rings is 1. The summed E-state index contributed by atoms with van der Waals surface area (Å²) in [5.41, 5.74) is 3.89. The van der Waals surface area contributed by atoms with Crippen LogP contribution in [-0.2, 0) is 0 Å². The Balaban J connectivity index is 2.41. The average Bonchev–Trinajstić information content (AvgIpc) is 2.69. The summed E-state index contributed by atoms with van der Waals surface area (Å²) in [6.45, 7) is 4.03. The summed E-state index contributed by atoms with van der Waals surface area (Å²) in [5.74, 6) is 0. The monoisotopic (exact) mass is 210 g/mol. The van der Waals surface area contributed by atoms with E-state index in [0.29, 0.717) is 0 Å². The van der Waals surface area contributed by atoms with Crippen LogP contribution in [0, 0.1) is 6.72 Å². The van der Waals surface area contributed by atoms with Crippen LogP contribution in [0.5, 0.6) is 0 Å². The van der Waals surface area contributed by atoms with E-state index in [-0.39, 0.29) is 0 Å². The first kappa shape index (κ1) is 9.16. The molecule has 0 unspecified atom stereocenters. The van der Waals surface area contributed by atoms with Crippen LogP contribution in [-0.4, -0.2) is 0 Å². The maximum atomic E-state index is 5.82. The van der Waals surface area contributed by atoms with E-state index in [9.17, 15) is 0 Å². The van der Waals surface area contributed by atoms with Crippen molar-refractivity contribution < 1.29 is 8.66 Å². The summed E-state index contributed by atoms with van der Waals surface area (Å²) in [6, 6.07) is 7.93. The quantitative estimate of drug-likeness (QED) is 0.609. The summed E-state index contributed by atoms with van der Waals surface area (Å²) in [5, 5.41) is 0. The van der Waals surface area contributed by atoms with Crippen LogP contribution >= 0.6 is 0 Å². The second-order valence-electron chi connectivity index (χ2n) is 3.82. The molecular formula is C14H12NO+. The smallest absolute Gasteiger partial charge is 0.382 e. The van der Waals surface area contributed by atoms with Gasteiger partial charge in [0.25, 0.3) is 5.52 Å². The molecule has 16 heavy (non-hydrogen) atoms. The van der Waals surface area contributed by atoms with Gasteiger partial charge in [0.2, 0.25) is 5.58 Å². The van der Waals surface area contributed by atoms with Crippen LogP contribution in [0.1, 0.15) is 6.42 Å². The topological polar surface area (TPSA) is 19.0 Å². The molecule has 0 atom stereocenters. The Hall–Kier alpha value is -2.09. The fraction of sp³-hybridized carbons (Fsp3) is 0.0714. The Bertz CT molecular complexity index is 704. The molecule has 0 spiro atoms. The van der Waals surface area contributed by atoms with Crippen LogP contribution in [0.4, 0.5) is 0 Å². The third kappa shape index (κ3) is 1.31. The summed E-state index contributed by atoms with van der Waals surface area (Å²) in [7, 11) is 0. The lowest BCUT2D eigenvalue weighted by Crippen LogP contribution is -2.33. The van der Waals surface area contributed by atoms with Crippen molar-refractivity contribution in [2.24, 2.45) is 0 Å². The number of allylic oxidation sites excluding steroid dienone is 4. The van der Waals surface area contributed by atoms with Crippen LogP contribution in [0.15, 0.2) is 53.0 Å². The summed E-state index contributed by atoms with van der Waals surface area (Å²) < 4.78 is 7.67. The number of para-hydroxylation sites is 2. The zero-order valence-corrected chi connectivity index (χ0v) is 8.89. The molecule has 0 N–H and O–H groups in total. The molecular weight excluding hydrogens is 198 g/mol. The second kappa shape index (κ2) is 3.49. The summed E-state index contributed by atoms with van der Waals surface area (Å²) in [4.78, 5) is 0. The number of benzene rings is 1. The van der Waals surface area contributed by atoms with Crippen molar-refractivity contribution in [2.75, 3.05) is 0 Å². The van der Waals surface area contributed by atoms with E-state index < -0.39 is 0 Å². The second-order valence-corrected chi connectivity index (χ2v) is 3.82. The van der Waals surface area contributed by atoms with E-state index in [1.165, 1.54) is 0 Å². The van der Waals surface area contributed by atoms with Crippen LogP contribution in [0.3, 0.4) is 0 Å². The van der Waals surface area contributed by atoms with E-state index in [1.807, 2.05) is 40.7 Å². The molecule has 1 aliphatic rings. The average molecular weight is 210 g/mol. The lowest BCUT2D eigenvalue weighted by molar-refractivity contribution is -0.493. The standard InChI is InChI=1S/C14H12NO/c1-15-12-9-5-6-10-13(12)16-14(15)11-7-3-2-4-8-11/h2-7,9-10H,1,8H2/q+1. The molecule has 3 rings (SSSR count). The number of hydrogen-bond donors (Lipinski definition) is 0. The number of fused-ring (bicyclic) bond motifs is 1. The van der Waals surface area contributed by atoms with Gasteiger partial charge < -0.3 is 4.42 Å². The number of nitrogens with zero attached hydrogens (tertiary/aromatic N) is 1. The molecule has 0 bridgehead atoms. The summed E-state index contributed by atoms with van der Waals surface area (Å²) in [6.07, 6.45) is 9.14. The van der Waals surface area contributed by atoms with E-state index in [1.54, 1.807) is 0 Å². The predicted octanol–water partition coefficient (Wildman–Crippen LogP) is 2.03. The van der Waals surface area contributed by atoms with Crippen molar-refractivity contribution in [1.29, 1.82) is 0 Å². The fourth-order valence-corrected chi connectivity index (χ4v) is 1.95. The highest BCUT2D eigenvalue weighted by atomic mass is 16.3. The molecule has 0 aliphatic heterocycles. The molecule has 0 saturated heterocycles. The Morgan fingerprint density at radius 3 is 2.81 bits per heavy atom. The third-order valence-electron chi connectivity index (χ3n) is 2.76. The maximum Gasteiger partial charge on any atom is 0.382 e. The minimum atomic E-state index is 0.835. The van der Waals surface area contributed by atoms with E-state index in [0.717, 1.165) is 28.6 Å². The van der Waals surface area contributed by atoms with Crippen molar-refractivity contribution in [2.45, 2.75) is 6.42 Å².